The van der Waals surface area contributed by atoms with Crippen LogP contribution in [0.3, 0.4) is 0 Å². The molecule has 10 heteroatoms. The van der Waals surface area contributed by atoms with Gasteiger partial charge in [0.15, 0.2) is 11.6 Å². The normalized spacial score (nSPS) is 13.6. The van der Waals surface area contributed by atoms with Crippen molar-refractivity contribution in [2.24, 2.45) is 5.10 Å². The van der Waals surface area contributed by atoms with Crippen LogP contribution in [0.4, 0.5) is 27.5 Å². The zero-order valence-corrected chi connectivity index (χ0v) is 20.9. The third-order valence-electron chi connectivity index (χ3n) is 6.12. The van der Waals surface area contributed by atoms with Crippen molar-refractivity contribution in [2.75, 3.05) is 41.9 Å². The summed E-state index contributed by atoms with van der Waals surface area (Å²) in [5.41, 5.74) is 8.58. The van der Waals surface area contributed by atoms with Crippen LogP contribution in [0.15, 0.2) is 72.1 Å². The molecule has 0 bridgehead atoms. The molecule has 9 nitrogen and oxygen atoms in total. The lowest BCUT2D eigenvalue weighted by Crippen LogP contribution is -2.37. The summed E-state index contributed by atoms with van der Waals surface area (Å²) < 4.78 is 19.5. The Hall–Kier alpha value is -4.57. The number of phenols is 1. The van der Waals surface area contributed by atoms with E-state index in [0.29, 0.717) is 32.0 Å². The number of halogens is 1. The zero-order chi connectivity index (χ0) is 26.3. The molecular formula is C28H28FN7O2. The summed E-state index contributed by atoms with van der Waals surface area (Å²) in [4.78, 5) is 14.4. The molecule has 5 rings (SSSR count). The molecule has 0 spiro atoms. The molecule has 0 aliphatic carbocycles. The van der Waals surface area contributed by atoms with Crippen molar-refractivity contribution in [3.63, 3.8) is 0 Å². The predicted octanol–water partition coefficient (Wildman–Crippen LogP) is 4.64. The fraction of sp³-hybridized carbons (Fsp3) is 0.214. The lowest BCUT2D eigenvalue weighted by atomic mass is 10.00. The number of phenolic OH excluding ortho intramolecular Hbond substituents is 1. The first kappa shape index (κ1) is 25.1. The van der Waals surface area contributed by atoms with Gasteiger partial charge in [-0.25, -0.2) is 14.8 Å². The van der Waals surface area contributed by atoms with Crippen LogP contribution in [0.25, 0.3) is 0 Å². The number of aromatic nitrogens is 3. The maximum Gasteiger partial charge on any atom is 0.245 e. The number of morpholine rings is 1. The Kier molecular flexibility index (Phi) is 7.70. The van der Waals surface area contributed by atoms with Gasteiger partial charge in [-0.05, 0) is 66.4 Å². The van der Waals surface area contributed by atoms with Crippen LogP contribution in [-0.4, -0.2) is 52.6 Å². The molecule has 0 atom stereocenters. The molecule has 1 aliphatic heterocycles. The third kappa shape index (κ3) is 6.40. The third-order valence-corrected chi connectivity index (χ3v) is 6.12. The molecule has 0 saturated carbocycles. The molecule has 0 radical (unpaired) electrons. The number of benzene rings is 2. The minimum absolute atomic E-state index is 0.199. The van der Waals surface area contributed by atoms with Gasteiger partial charge in [-0.1, -0.05) is 18.2 Å². The Labute approximate surface area is 220 Å². The van der Waals surface area contributed by atoms with Crippen molar-refractivity contribution in [3.05, 3.63) is 95.2 Å². The molecule has 1 aliphatic rings. The fourth-order valence-electron chi connectivity index (χ4n) is 4.15. The quantitative estimate of drug-likeness (QED) is 0.231. The van der Waals surface area contributed by atoms with Crippen molar-refractivity contribution in [1.82, 2.24) is 15.0 Å². The largest absolute Gasteiger partial charge is 0.508 e. The number of aromatic hydroxyl groups is 1. The van der Waals surface area contributed by atoms with Gasteiger partial charge in [-0.15, -0.1) is 0 Å². The smallest absolute Gasteiger partial charge is 0.245 e. The molecule has 38 heavy (non-hydrogen) atoms. The first-order chi connectivity index (χ1) is 18.5. The van der Waals surface area contributed by atoms with E-state index in [1.165, 1.54) is 5.56 Å². The number of anilines is 4. The average molecular weight is 514 g/mol. The van der Waals surface area contributed by atoms with Crippen LogP contribution < -0.4 is 15.6 Å². The summed E-state index contributed by atoms with van der Waals surface area (Å²) in [5.74, 6) is 0.229. The molecule has 0 amide bonds. The topological polar surface area (TPSA) is 108 Å². The second kappa shape index (κ2) is 11.7. The van der Waals surface area contributed by atoms with Crippen molar-refractivity contribution < 1.29 is 14.2 Å². The first-order valence-electron chi connectivity index (χ1n) is 12.3. The molecular weight excluding hydrogens is 485 g/mol. The number of aryl methyl sites for hydroxylation is 1. The molecule has 3 heterocycles. The minimum atomic E-state index is -0.479. The lowest BCUT2D eigenvalue weighted by molar-refractivity contribution is 0.122. The monoisotopic (exact) mass is 513 g/mol. The number of nitrogens with zero attached hydrogens (tertiary/aromatic N) is 5. The Morgan fingerprint density at radius 3 is 2.66 bits per heavy atom. The van der Waals surface area contributed by atoms with Gasteiger partial charge < -0.3 is 20.1 Å². The average Bonchev–Trinajstić information content (AvgIpc) is 2.93. The van der Waals surface area contributed by atoms with E-state index in [2.05, 4.69) is 49.9 Å². The molecule has 194 valence electrons. The van der Waals surface area contributed by atoms with E-state index in [1.807, 2.05) is 35.2 Å². The van der Waals surface area contributed by atoms with Gasteiger partial charge in [0.1, 0.15) is 5.75 Å². The zero-order valence-electron chi connectivity index (χ0n) is 20.9. The molecule has 3 N–H and O–H groups in total. The summed E-state index contributed by atoms with van der Waals surface area (Å²) in [6.45, 7) is 4.29. The van der Waals surface area contributed by atoms with Crippen LogP contribution in [-0.2, 0) is 11.2 Å². The van der Waals surface area contributed by atoms with E-state index < -0.39 is 5.82 Å². The van der Waals surface area contributed by atoms with Gasteiger partial charge in [0, 0.05) is 18.8 Å². The van der Waals surface area contributed by atoms with Crippen molar-refractivity contribution in [3.8, 4) is 5.75 Å². The summed E-state index contributed by atoms with van der Waals surface area (Å²) in [6, 6.07) is 17.3. The van der Waals surface area contributed by atoms with E-state index in [1.54, 1.807) is 24.5 Å². The van der Waals surface area contributed by atoms with E-state index >= 15 is 0 Å². The van der Waals surface area contributed by atoms with Gasteiger partial charge in [0.25, 0.3) is 0 Å². The highest BCUT2D eigenvalue weighted by atomic mass is 19.1. The van der Waals surface area contributed by atoms with Gasteiger partial charge in [-0.3, -0.25) is 4.98 Å². The highest BCUT2D eigenvalue weighted by Gasteiger charge is 2.17. The lowest BCUT2D eigenvalue weighted by Gasteiger charge is -2.27. The summed E-state index contributed by atoms with van der Waals surface area (Å²) in [7, 11) is 0. The van der Waals surface area contributed by atoms with E-state index in [9.17, 15) is 9.50 Å². The van der Waals surface area contributed by atoms with E-state index in [4.69, 9.17) is 4.74 Å². The molecule has 1 saturated heterocycles. The number of rotatable bonds is 8. The molecule has 4 aromatic rings. The number of pyridine rings is 1. The number of ether oxygens (including phenoxy) is 1. The van der Waals surface area contributed by atoms with E-state index in [0.717, 1.165) is 35.1 Å². The number of hydrogen-bond acceptors (Lipinski definition) is 9. The second-order valence-electron chi connectivity index (χ2n) is 8.92. The number of hydrogen-bond donors (Lipinski definition) is 3. The van der Waals surface area contributed by atoms with Gasteiger partial charge in [0.05, 0.1) is 43.2 Å². The highest BCUT2D eigenvalue weighted by Crippen LogP contribution is 2.23. The van der Waals surface area contributed by atoms with Crippen LogP contribution in [0.1, 0.15) is 22.4 Å². The van der Waals surface area contributed by atoms with Crippen LogP contribution in [0.5, 0.6) is 5.75 Å². The first-order valence-corrected chi connectivity index (χ1v) is 12.3. The Morgan fingerprint density at radius 1 is 1.05 bits per heavy atom. The van der Waals surface area contributed by atoms with Crippen LogP contribution in [0, 0.1) is 12.7 Å². The summed E-state index contributed by atoms with van der Waals surface area (Å²) >= 11 is 0. The summed E-state index contributed by atoms with van der Waals surface area (Å²) in [6.07, 6.45) is 5.16. The standard InChI is InChI=1S/C28H28FN7O2/c1-19-13-22(6-5-21(19)14-20-3-2-4-25(37)15-20)33-24-8-7-23(30-16-24)17-32-35-28-31-18-26(29)27(34-28)36-9-11-38-12-10-36/h2-8,13,15-18,33,37H,9-12,14H2,1H3,(H,31,34,35)/b32-17+. The minimum Gasteiger partial charge on any atom is -0.508 e. The van der Waals surface area contributed by atoms with Crippen molar-refractivity contribution >= 4 is 29.4 Å². The Balaban J connectivity index is 1.17. The van der Waals surface area contributed by atoms with Gasteiger partial charge in [-0.2, -0.15) is 10.1 Å². The molecule has 2 aromatic heterocycles. The maximum atomic E-state index is 14.2. The number of hydrazone groups is 1. The predicted molar refractivity (Wildman–Crippen MR) is 146 cm³/mol. The molecule has 2 aromatic carbocycles. The number of nitrogens with one attached hydrogen (secondary N) is 2. The fourth-order valence-corrected chi connectivity index (χ4v) is 4.15. The SMILES string of the molecule is Cc1cc(Nc2ccc(/C=N/Nc3ncc(F)c(N4CCOCC4)n3)nc2)ccc1Cc1cccc(O)c1. The van der Waals surface area contributed by atoms with Gasteiger partial charge in [0.2, 0.25) is 5.95 Å². The highest BCUT2D eigenvalue weighted by molar-refractivity contribution is 5.78. The maximum absolute atomic E-state index is 14.2. The van der Waals surface area contributed by atoms with E-state index in [-0.39, 0.29) is 17.5 Å². The second-order valence-corrected chi connectivity index (χ2v) is 8.92. The molecule has 0 unspecified atom stereocenters. The van der Waals surface area contributed by atoms with Crippen LogP contribution in [0.2, 0.25) is 0 Å². The summed E-state index contributed by atoms with van der Waals surface area (Å²) in [5, 5.41) is 17.2. The Morgan fingerprint density at radius 2 is 1.89 bits per heavy atom. The molecule has 1 fully saturated rings. The van der Waals surface area contributed by atoms with Crippen molar-refractivity contribution in [2.45, 2.75) is 13.3 Å². The van der Waals surface area contributed by atoms with Gasteiger partial charge >= 0.3 is 0 Å². The van der Waals surface area contributed by atoms with Crippen molar-refractivity contribution in [1.29, 1.82) is 0 Å². The Bertz CT molecular complexity index is 1420. The van der Waals surface area contributed by atoms with Crippen LogP contribution >= 0.6 is 0 Å².